The van der Waals surface area contributed by atoms with Gasteiger partial charge in [0.05, 0.1) is 5.69 Å². The van der Waals surface area contributed by atoms with Crippen LogP contribution < -0.4 is 10.0 Å². The molecule has 0 radical (unpaired) electrons. The summed E-state index contributed by atoms with van der Waals surface area (Å²) < 4.78 is 27.1. The molecule has 0 saturated carbocycles. The summed E-state index contributed by atoms with van der Waals surface area (Å²) in [6.45, 7) is 2.52. The van der Waals surface area contributed by atoms with E-state index in [0.29, 0.717) is 17.9 Å². The van der Waals surface area contributed by atoms with Crippen LogP contribution in [0.4, 0.5) is 11.4 Å². The lowest BCUT2D eigenvalue weighted by Gasteiger charge is -2.11. The van der Waals surface area contributed by atoms with Crippen molar-refractivity contribution in [3.8, 4) is 0 Å². The van der Waals surface area contributed by atoms with Gasteiger partial charge >= 0.3 is 0 Å². The predicted octanol–water partition coefficient (Wildman–Crippen LogP) is 2.31. The molecule has 2 rings (SSSR count). The summed E-state index contributed by atoms with van der Waals surface area (Å²) in [5.41, 5.74) is 1.00. The van der Waals surface area contributed by atoms with Crippen molar-refractivity contribution in [2.75, 3.05) is 16.6 Å². The molecule has 2 aromatic rings. The summed E-state index contributed by atoms with van der Waals surface area (Å²) >= 11 is 0. The number of anilines is 2. The Hall–Kier alpha value is -2.08. The second-order valence-corrected chi connectivity index (χ2v) is 5.46. The monoisotopic (exact) mass is 277 g/mol. The molecule has 2 N–H and O–H groups in total. The topological polar surface area (TPSA) is 71.1 Å². The second-order valence-electron chi connectivity index (χ2n) is 3.86. The first-order chi connectivity index (χ1) is 9.13. The number of para-hydroxylation sites is 1. The minimum Gasteiger partial charge on any atom is -0.383 e. The van der Waals surface area contributed by atoms with Crippen molar-refractivity contribution in [2.24, 2.45) is 0 Å². The Balaban J connectivity index is 2.35. The van der Waals surface area contributed by atoms with E-state index in [1.807, 2.05) is 13.0 Å². The van der Waals surface area contributed by atoms with Crippen molar-refractivity contribution in [3.05, 3.63) is 48.7 Å². The highest BCUT2D eigenvalue weighted by Crippen LogP contribution is 2.20. The van der Waals surface area contributed by atoms with Crippen molar-refractivity contribution in [1.82, 2.24) is 4.98 Å². The molecule has 0 aliphatic carbocycles. The van der Waals surface area contributed by atoms with E-state index in [2.05, 4.69) is 15.0 Å². The Morgan fingerprint density at radius 2 is 1.84 bits per heavy atom. The van der Waals surface area contributed by atoms with E-state index in [1.165, 1.54) is 6.20 Å². The van der Waals surface area contributed by atoms with Gasteiger partial charge in [0.2, 0.25) is 0 Å². The zero-order valence-electron chi connectivity index (χ0n) is 10.5. The van der Waals surface area contributed by atoms with Crippen LogP contribution in [0, 0.1) is 0 Å². The molecule has 0 spiro atoms. The third-order valence-corrected chi connectivity index (χ3v) is 3.76. The maximum absolute atomic E-state index is 12.3. The van der Waals surface area contributed by atoms with E-state index in [9.17, 15) is 8.42 Å². The minimum absolute atomic E-state index is 0.000651. The van der Waals surface area contributed by atoms with Gasteiger partial charge in [-0.1, -0.05) is 18.2 Å². The van der Waals surface area contributed by atoms with Crippen molar-refractivity contribution in [3.63, 3.8) is 0 Å². The van der Waals surface area contributed by atoms with Gasteiger partial charge in [-0.15, -0.1) is 0 Å². The fourth-order valence-corrected chi connectivity index (χ4v) is 2.81. The molecule has 1 aromatic carbocycles. The molecular formula is C13H15N3O2S. The Labute approximate surface area is 112 Å². The van der Waals surface area contributed by atoms with Crippen LogP contribution in [0.15, 0.2) is 53.7 Å². The highest BCUT2D eigenvalue weighted by molar-refractivity contribution is 7.92. The smallest absolute Gasteiger partial charge is 0.281 e. The summed E-state index contributed by atoms with van der Waals surface area (Å²) in [6.07, 6.45) is 1.46. The van der Waals surface area contributed by atoms with Gasteiger partial charge in [0.1, 0.15) is 0 Å². The molecule has 0 unspecified atom stereocenters. The zero-order chi connectivity index (χ0) is 13.7. The predicted molar refractivity (Wildman–Crippen MR) is 75.7 cm³/mol. The average molecular weight is 277 g/mol. The number of hydrogen-bond acceptors (Lipinski definition) is 4. The quantitative estimate of drug-likeness (QED) is 0.879. The van der Waals surface area contributed by atoms with Crippen molar-refractivity contribution >= 4 is 21.4 Å². The van der Waals surface area contributed by atoms with Crippen LogP contribution in [0.5, 0.6) is 0 Å². The Kier molecular flexibility index (Phi) is 4.01. The van der Waals surface area contributed by atoms with Gasteiger partial charge < -0.3 is 5.32 Å². The highest BCUT2D eigenvalue weighted by atomic mass is 32.2. The molecule has 0 saturated heterocycles. The van der Waals surface area contributed by atoms with Crippen molar-refractivity contribution in [1.29, 1.82) is 0 Å². The van der Waals surface area contributed by atoms with E-state index < -0.39 is 10.0 Å². The standard InChI is InChI=1S/C13H15N3O2S/c1-2-14-12-9-6-10-15-13(12)19(17,18)16-11-7-4-3-5-8-11/h3-10,14,16H,2H2,1H3. The summed E-state index contributed by atoms with van der Waals surface area (Å²) in [5.74, 6) is 0. The summed E-state index contributed by atoms with van der Waals surface area (Å²) in [4.78, 5) is 3.95. The van der Waals surface area contributed by atoms with Gasteiger partial charge in [-0.3, -0.25) is 4.72 Å². The lowest BCUT2D eigenvalue weighted by atomic mass is 10.3. The largest absolute Gasteiger partial charge is 0.383 e. The molecule has 5 nitrogen and oxygen atoms in total. The molecule has 0 aliphatic rings. The second kappa shape index (κ2) is 5.71. The number of sulfonamides is 1. The lowest BCUT2D eigenvalue weighted by molar-refractivity contribution is 0.598. The van der Waals surface area contributed by atoms with Gasteiger partial charge in [0.25, 0.3) is 10.0 Å². The summed E-state index contributed by atoms with van der Waals surface area (Å²) in [5, 5.41) is 2.99. The zero-order valence-corrected chi connectivity index (χ0v) is 11.3. The fraction of sp³-hybridized carbons (Fsp3) is 0.154. The molecule has 19 heavy (non-hydrogen) atoms. The maximum Gasteiger partial charge on any atom is 0.281 e. The molecule has 0 fully saturated rings. The average Bonchev–Trinajstić information content (AvgIpc) is 2.40. The maximum atomic E-state index is 12.3. The van der Waals surface area contributed by atoms with Crippen LogP contribution in [0.3, 0.4) is 0 Å². The SMILES string of the molecule is CCNc1cccnc1S(=O)(=O)Nc1ccccc1. The molecular weight excluding hydrogens is 262 g/mol. The van der Waals surface area contributed by atoms with Crippen molar-refractivity contribution < 1.29 is 8.42 Å². The molecule has 1 heterocycles. The van der Waals surface area contributed by atoms with Crippen LogP contribution in [0.2, 0.25) is 0 Å². The number of hydrogen-bond donors (Lipinski definition) is 2. The van der Waals surface area contributed by atoms with Gasteiger partial charge in [-0.05, 0) is 31.2 Å². The molecule has 0 atom stereocenters. The number of nitrogens with one attached hydrogen (secondary N) is 2. The van der Waals surface area contributed by atoms with Crippen molar-refractivity contribution in [2.45, 2.75) is 11.9 Å². The Bertz CT molecular complexity index is 642. The number of aromatic nitrogens is 1. The van der Waals surface area contributed by atoms with Gasteiger partial charge in [0.15, 0.2) is 5.03 Å². The molecule has 1 aromatic heterocycles. The first-order valence-corrected chi connectivity index (χ1v) is 7.38. The number of rotatable bonds is 5. The molecule has 0 aliphatic heterocycles. The number of pyridine rings is 1. The van der Waals surface area contributed by atoms with Crippen LogP contribution in [0.25, 0.3) is 0 Å². The van der Waals surface area contributed by atoms with Crippen LogP contribution in [-0.4, -0.2) is 19.9 Å². The van der Waals surface area contributed by atoms with Crippen LogP contribution in [0.1, 0.15) is 6.92 Å². The highest BCUT2D eigenvalue weighted by Gasteiger charge is 2.19. The normalized spacial score (nSPS) is 11.0. The summed E-state index contributed by atoms with van der Waals surface area (Å²) in [7, 11) is -3.69. The molecule has 6 heteroatoms. The van der Waals surface area contributed by atoms with E-state index >= 15 is 0 Å². The molecule has 0 bridgehead atoms. The first kappa shape index (κ1) is 13.4. The summed E-state index contributed by atoms with van der Waals surface area (Å²) in [6, 6.07) is 12.1. The van der Waals surface area contributed by atoms with E-state index in [1.54, 1.807) is 36.4 Å². The molecule has 100 valence electrons. The molecule has 0 amide bonds. The third-order valence-electron chi connectivity index (χ3n) is 2.42. The van der Waals surface area contributed by atoms with E-state index in [0.717, 1.165) is 0 Å². The third kappa shape index (κ3) is 3.23. The van der Waals surface area contributed by atoms with E-state index in [-0.39, 0.29) is 5.03 Å². The number of benzene rings is 1. The Morgan fingerprint density at radius 1 is 1.11 bits per heavy atom. The first-order valence-electron chi connectivity index (χ1n) is 5.90. The Morgan fingerprint density at radius 3 is 2.53 bits per heavy atom. The lowest BCUT2D eigenvalue weighted by Crippen LogP contribution is -2.16. The van der Waals surface area contributed by atoms with Crippen LogP contribution in [-0.2, 0) is 10.0 Å². The fourth-order valence-electron chi connectivity index (χ4n) is 1.64. The van der Waals surface area contributed by atoms with Gasteiger partial charge in [0, 0.05) is 18.4 Å². The van der Waals surface area contributed by atoms with E-state index in [4.69, 9.17) is 0 Å². The van der Waals surface area contributed by atoms with Gasteiger partial charge in [-0.25, -0.2) is 4.98 Å². The minimum atomic E-state index is -3.69. The number of nitrogens with zero attached hydrogens (tertiary/aromatic N) is 1. The van der Waals surface area contributed by atoms with Crippen LogP contribution >= 0.6 is 0 Å². The van der Waals surface area contributed by atoms with Gasteiger partial charge in [-0.2, -0.15) is 8.42 Å².